The van der Waals surface area contributed by atoms with Gasteiger partial charge in [-0.05, 0) is 30.2 Å². The zero-order valence-electron chi connectivity index (χ0n) is 23.9. The number of carbonyl (C=O) groups is 2. The van der Waals surface area contributed by atoms with Crippen LogP contribution in [0.3, 0.4) is 0 Å². The molecule has 0 atom stereocenters. The molecule has 0 bridgehead atoms. The molecule has 0 radical (unpaired) electrons. The van der Waals surface area contributed by atoms with Gasteiger partial charge in [0.25, 0.3) is 0 Å². The lowest BCUT2D eigenvalue weighted by Crippen LogP contribution is -2.42. The molecule has 0 saturated heterocycles. The first-order valence-corrected chi connectivity index (χ1v) is 13.5. The number of aryl methyl sites for hydroxylation is 1. The summed E-state index contributed by atoms with van der Waals surface area (Å²) in [5, 5.41) is 7.83. The lowest BCUT2D eigenvalue weighted by Gasteiger charge is -2.27. The average molecular weight is 539 g/mol. The third-order valence-corrected chi connectivity index (χ3v) is 6.75. The van der Waals surface area contributed by atoms with E-state index in [0.29, 0.717) is 12.4 Å². The summed E-state index contributed by atoms with van der Waals surface area (Å²) in [4.78, 5) is 29.1. The highest BCUT2D eigenvalue weighted by Crippen LogP contribution is 2.28. The maximum Gasteiger partial charge on any atom is 0.245 e. The van der Waals surface area contributed by atoms with Crippen LogP contribution >= 0.6 is 0 Å². The van der Waals surface area contributed by atoms with Crippen molar-refractivity contribution in [1.82, 2.24) is 14.7 Å². The van der Waals surface area contributed by atoms with Gasteiger partial charge in [-0.3, -0.25) is 9.59 Å². The molecule has 40 heavy (non-hydrogen) atoms. The molecular weight excluding hydrogens is 500 g/mol. The van der Waals surface area contributed by atoms with Gasteiger partial charge in [0.05, 0.1) is 23.9 Å². The maximum atomic E-state index is 14.1. The first-order valence-electron chi connectivity index (χ1n) is 13.5. The maximum absolute atomic E-state index is 14.1. The van der Waals surface area contributed by atoms with E-state index in [1.807, 2.05) is 97.9 Å². The number of benzene rings is 3. The first-order chi connectivity index (χ1) is 19.2. The number of aromatic nitrogens is 2. The highest BCUT2D eigenvalue weighted by atomic mass is 16.5. The van der Waals surface area contributed by atoms with Gasteiger partial charge in [-0.1, -0.05) is 99.1 Å². The number of nitrogens with zero attached hydrogens (tertiary/aromatic N) is 3. The van der Waals surface area contributed by atoms with E-state index in [4.69, 9.17) is 9.84 Å². The summed E-state index contributed by atoms with van der Waals surface area (Å²) in [6.07, 6.45) is 0. The minimum absolute atomic E-state index is 0.123. The van der Waals surface area contributed by atoms with Crippen molar-refractivity contribution in [3.8, 4) is 5.69 Å². The van der Waals surface area contributed by atoms with Crippen LogP contribution in [0.25, 0.3) is 5.69 Å². The van der Waals surface area contributed by atoms with Crippen molar-refractivity contribution in [1.29, 1.82) is 0 Å². The van der Waals surface area contributed by atoms with E-state index in [2.05, 4.69) is 26.1 Å². The Hall–Kier alpha value is -4.23. The summed E-state index contributed by atoms with van der Waals surface area (Å²) in [6, 6.07) is 29.2. The summed E-state index contributed by atoms with van der Waals surface area (Å²) in [5.74, 6) is -0.455. The van der Waals surface area contributed by atoms with Gasteiger partial charge in [-0.15, -0.1) is 0 Å². The quantitative estimate of drug-likeness (QED) is 0.280. The fraction of sp³-hybridized carbons (Fsp3) is 0.303. The van der Waals surface area contributed by atoms with E-state index in [9.17, 15) is 9.59 Å². The Kier molecular flexibility index (Phi) is 9.17. The molecule has 0 spiro atoms. The van der Waals surface area contributed by atoms with Crippen LogP contribution in [-0.4, -0.2) is 53.3 Å². The third kappa shape index (κ3) is 7.04. The van der Waals surface area contributed by atoms with E-state index in [1.165, 1.54) is 0 Å². The summed E-state index contributed by atoms with van der Waals surface area (Å²) in [5.41, 5.74) is 4.36. The SMILES string of the molecule is COCCN(CC(=O)Nc1cc(C(C)(C)C)nn1-c1ccc(C)cc1)C(=O)C(c1ccccc1)c1ccccc1. The van der Waals surface area contributed by atoms with Gasteiger partial charge in [0.2, 0.25) is 11.8 Å². The molecule has 3 aromatic carbocycles. The average Bonchev–Trinajstić information content (AvgIpc) is 3.37. The van der Waals surface area contributed by atoms with Crippen molar-refractivity contribution in [2.75, 3.05) is 32.1 Å². The number of anilines is 1. The molecule has 4 aromatic rings. The molecule has 2 amide bonds. The van der Waals surface area contributed by atoms with Crippen LogP contribution < -0.4 is 5.32 Å². The second kappa shape index (κ2) is 12.7. The number of rotatable bonds is 10. The number of hydrogen-bond donors (Lipinski definition) is 1. The fourth-order valence-corrected chi connectivity index (χ4v) is 4.49. The molecule has 0 saturated carbocycles. The molecule has 0 aliphatic rings. The molecule has 1 heterocycles. The van der Waals surface area contributed by atoms with E-state index in [1.54, 1.807) is 16.7 Å². The van der Waals surface area contributed by atoms with Crippen molar-refractivity contribution in [3.63, 3.8) is 0 Å². The van der Waals surface area contributed by atoms with Gasteiger partial charge in [-0.2, -0.15) is 5.10 Å². The molecule has 7 heteroatoms. The number of ether oxygens (including phenoxy) is 1. The lowest BCUT2D eigenvalue weighted by molar-refractivity contribution is -0.135. The Balaban J connectivity index is 1.63. The van der Waals surface area contributed by atoms with Gasteiger partial charge in [0.1, 0.15) is 12.4 Å². The predicted molar refractivity (Wildman–Crippen MR) is 159 cm³/mol. The number of methoxy groups -OCH3 is 1. The normalized spacial score (nSPS) is 11.4. The third-order valence-electron chi connectivity index (χ3n) is 6.75. The molecule has 0 aliphatic heterocycles. The smallest absolute Gasteiger partial charge is 0.245 e. The molecule has 0 fully saturated rings. The van der Waals surface area contributed by atoms with Gasteiger partial charge in [-0.25, -0.2) is 4.68 Å². The van der Waals surface area contributed by atoms with Crippen LogP contribution in [-0.2, 0) is 19.7 Å². The lowest BCUT2D eigenvalue weighted by atomic mass is 9.90. The van der Waals surface area contributed by atoms with Crippen molar-refractivity contribution in [2.45, 2.75) is 39.0 Å². The minimum Gasteiger partial charge on any atom is -0.383 e. The predicted octanol–water partition coefficient (Wildman–Crippen LogP) is 5.72. The first kappa shape index (κ1) is 28.8. The van der Waals surface area contributed by atoms with E-state index in [0.717, 1.165) is 28.1 Å². The largest absolute Gasteiger partial charge is 0.383 e. The Bertz CT molecular complexity index is 1370. The van der Waals surface area contributed by atoms with Crippen molar-refractivity contribution in [3.05, 3.63) is 113 Å². The monoisotopic (exact) mass is 538 g/mol. The molecule has 7 nitrogen and oxygen atoms in total. The zero-order chi connectivity index (χ0) is 28.7. The molecule has 0 unspecified atom stereocenters. The second-order valence-corrected chi connectivity index (χ2v) is 11.0. The van der Waals surface area contributed by atoms with Crippen LogP contribution in [0.1, 0.15) is 49.1 Å². The van der Waals surface area contributed by atoms with Gasteiger partial charge >= 0.3 is 0 Å². The minimum atomic E-state index is -0.544. The van der Waals surface area contributed by atoms with E-state index in [-0.39, 0.29) is 30.3 Å². The number of carbonyl (C=O) groups excluding carboxylic acids is 2. The molecule has 1 N–H and O–H groups in total. The van der Waals surface area contributed by atoms with Crippen LogP contribution in [0.15, 0.2) is 91.0 Å². The van der Waals surface area contributed by atoms with Crippen molar-refractivity contribution in [2.24, 2.45) is 0 Å². The topological polar surface area (TPSA) is 76.5 Å². The van der Waals surface area contributed by atoms with E-state index < -0.39 is 5.92 Å². The highest BCUT2D eigenvalue weighted by Gasteiger charge is 2.29. The van der Waals surface area contributed by atoms with Gasteiger partial charge < -0.3 is 15.0 Å². The van der Waals surface area contributed by atoms with Crippen LogP contribution in [0, 0.1) is 6.92 Å². The number of amides is 2. The summed E-state index contributed by atoms with van der Waals surface area (Å²) in [7, 11) is 1.59. The van der Waals surface area contributed by atoms with Crippen LogP contribution in [0.2, 0.25) is 0 Å². The standard InChI is InChI=1S/C33H38N4O3/c1-24-16-18-27(19-17-24)37-29(22-28(35-37)33(2,3)4)34-30(38)23-36(20-21-40-5)32(39)31(25-12-8-6-9-13-25)26-14-10-7-11-15-26/h6-19,22,31H,20-21,23H2,1-5H3,(H,34,38). The number of nitrogens with one attached hydrogen (secondary N) is 1. The Labute approximate surface area is 236 Å². The second-order valence-electron chi connectivity index (χ2n) is 11.0. The van der Waals surface area contributed by atoms with Gasteiger partial charge in [0, 0.05) is 25.1 Å². The Morgan fingerprint density at radius 3 is 2.02 bits per heavy atom. The summed E-state index contributed by atoms with van der Waals surface area (Å²) >= 11 is 0. The number of hydrogen-bond acceptors (Lipinski definition) is 4. The van der Waals surface area contributed by atoms with Crippen molar-refractivity contribution < 1.29 is 14.3 Å². The summed E-state index contributed by atoms with van der Waals surface area (Å²) < 4.78 is 7.05. The van der Waals surface area contributed by atoms with Crippen molar-refractivity contribution >= 4 is 17.6 Å². The van der Waals surface area contributed by atoms with Crippen LogP contribution in [0.5, 0.6) is 0 Å². The highest BCUT2D eigenvalue weighted by molar-refractivity contribution is 5.96. The molecule has 1 aromatic heterocycles. The molecule has 208 valence electrons. The Morgan fingerprint density at radius 1 is 0.925 bits per heavy atom. The molecule has 4 rings (SSSR count). The Morgan fingerprint density at radius 2 is 1.50 bits per heavy atom. The molecular formula is C33H38N4O3. The molecule has 0 aliphatic carbocycles. The van der Waals surface area contributed by atoms with Crippen LogP contribution in [0.4, 0.5) is 5.82 Å². The summed E-state index contributed by atoms with van der Waals surface area (Å²) in [6.45, 7) is 8.74. The fourth-order valence-electron chi connectivity index (χ4n) is 4.49. The van der Waals surface area contributed by atoms with Gasteiger partial charge in [0.15, 0.2) is 0 Å². The van der Waals surface area contributed by atoms with E-state index >= 15 is 0 Å². The zero-order valence-corrected chi connectivity index (χ0v) is 23.9.